The van der Waals surface area contributed by atoms with Gasteiger partial charge in [0.15, 0.2) is 0 Å². The Bertz CT molecular complexity index is 488. The highest BCUT2D eigenvalue weighted by Gasteiger charge is 2.37. The van der Waals surface area contributed by atoms with E-state index in [2.05, 4.69) is 76.1 Å². The summed E-state index contributed by atoms with van der Waals surface area (Å²) in [5.41, 5.74) is 5.52. The summed E-state index contributed by atoms with van der Waals surface area (Å²) < 4.78 is 0. The fourth-order valence-electron chi connectivity index (χ4n) is 2.55. The summed E-state index contributed by atoms with van der Waals surface area (Å²) in [6, 6.07) is 8.66. The van der Waals surface area contributed by atoms with Crippen LogP contribution >= 0.6 is 0 Å². The molecule has 0 atom stereocenters. The van der Waals surface area contributed by atoms with Crippen LogP contribution in [-0.2, 0) is 5.41 Å². The number of rotatable bonds is 1. The topological polar surface area (TPSA) is 3.24 Å². The second-order valence-corrected chi connectivity index (χ2v) is 5.50. The Kier molecular flexibility index (Phi) is 2.86. The lowest BCUT2D eigenvalue weighted by Crippen LogP contribution is -2.22. The molecule has 0 spiro atoms. The van der Waals surface area contributed by atoms with Crippen molar-refractivity contribution in [2.45, 2.75) is 33.1 Å². The minimum absolute atomic E-state index is 0.0945. The Morgan fingerprint density at radius 2 is 1.82 bits per heavy atom. The van der Waals surface area contributed by atoms with Crippen molar-refractivity contribution >= 4 is 5.69 Å². The fraction of sp³-hybridized carbons (Fsp3) is 0.375. The highest BCUT2D eigenvalue weighted by Crippen LogP contribution is 2.46. The maximum absolute atomic E-state index is 2.30. The third-order valence-electron chi connectivity index (χ3n) is 3.51. The highest BCUT2D eigenvalue weighted by atomic mass is 15.2. The van der Waals surface area contributed by atoms with Crippen LogP contribution in [0.2, 0.25) is 0 Å². The summed E-state index contributed by atoms with van der Waals surface area (Å²) in [6.07, 6.45) is 4.44. The first kappa shape index (κ1) is 12.0. The lowest BCUT2D eigenvalue weighted by Gasteiger charge is -2.23. The molecule has 17 heavy (non-hydrogen) atoms. The molecule has 1 aromatic rings. The molecule has 1 aliphatic rings. The average molecular weight is 227 g/mol. The van der Waals surface area contributed by atoms with Crippen LogP contribution in [-0.4, -0.2) is 7.05 Å². The van der Waals surface area contributed by atoms with Crippen LogP contribution < -0.4 is 4.90 Å². The van der Waals surface area contributed by atoms with Gasteiger partial charge in [-0.2, -0.15) is 0 Å². The van der Waals surface area contributed by atoms with Crippen molar-refractivity contribution in [1.82, 2.24) is 0 Å². The van der Waals surface area contributed by atoms with Gasteiger partial charge in [-0.1, -0.05) is 43.7 Å². The lowest BCUT2D eigenvalue weighted by molar-refractivity contribution is 0.640. The monoisotopic (exact) mass is 227 g/mol. The molecule has 1 nitrogen and oxygen atoms in total. The molecule has 1 heteroatoms. The van der Waals surface area contributed by atoms with E-state index in [9.17, 15) is 0 Å². The first-order chi connectivity index (χ1) is 7.94. The molecule has 0 radical (unpaired) electrons. The third-order valence-corrected chi connectivity index (χ3v) is 3.51. The van der Waals surface area contributed by atoms with Crippen molar-refractivity contribution in [3.63, 3.8) is 0 Å². The smallest absolute Gasteiger partial charge is 0.0447 e. The summed E-state index contributed by atoms with van der Waals surface area (Å²) in [4.78, 5) is 2.30. The third kappa shape index (κ3) is 1.90. The van der Waals surface area contributed by atoms with E-state index >= 15 is 0 Å². The molecule has 0 unspecified atom stereocenters. The van der Waals surface area contributed by atoms with Crippen LogP contribution in [0, 0.1) is 0 Å². The van der Waals surface area contributed by atoms with Gasteiger partial charge in [0.2, 0.25) is 0 Å². The minimum atomic E-state index is 0.0945. The van der Waals surface area contributed by atoms with Crippen LogP contribution in [0.15, 0.2) is 47.7 Å². The number of fused-ring (bicyclic) bond motifs is 1. The summed E-state index contributed by atoms with van der Waals surface area (Å²) in [5.74, 6) is 0. The van der Waals surface area contributed by atoms with Crippen LogP contribution in [0.1, 0.15) is 33.3 Å². The van der Waals surface area contributed by atoms with Crippen molar-refractivity contribution in [1.29, 1.82) is 0 Å². The maximum Gasteiger partial charge on any atom is 0.0447 e. The predicted molar refractivity (Wildman–Crippen MR) is 75.4 cm³/mol. The first-order valence-corrected chi connectivity index (χ1v) is 6.13. The predicted octanol–water partition coefficient (Wildman–Crippen LogP) is 4.26. The number of nitrogens with zero attached hydrogens (tertiary/aromatic N) is 1. The molecular formula is C16H21N. The van der Waals surface area contributed by atoms with Gasteiger partial charge >= 0.3 is 0 Å². The Labute approximate surface area is 104 Å². The van der Waals surface area contributed by atoms with E-state index in [1.54, 1.807) is 0 Å². The number of para-hydroxylation sites is 1. The molecule has 90 valence electrons. The van der Waals surface area contributed by atoms with Gasteiger partial charge in [0.25, 0.3) is 0 Å². The molecular weight excluding hydrogens is 206 g/mol. The Morgan fingerprint density at radius 1 is 1.18 bits per heavy atom. The van der Waals surface area contributed by atoms with Crippen LogP contribution in [0.4, 0.5) is 5.69 Å². The summed E-state index contributed by atoms with van der Waals surface area (Å²) in [6.45, 7) is 8.85. The summed E-state index contributed by atoms with van der Waals surface area (Å²) >= 11 is 0. The molecule has 0 amide bonds. The lowest BCUT2D eigenvalue weighted by atomic mass is 9.84. The van der Waals surface area contributed by atoms with Gasteiger partial charge in [0, 0.05) is 23.8 Å². The van der Waals surface area contributed by atoms with E-state index in [0.717, 1.165) is 0 Å². The van der Waals surface area contributed by atoms with E-state index in [1.165, 1.54) is 22.5 Å². The number of likely N-dealkylation sites (N-methyl/N-ethyl adjacent to an activating group) is 1. The zero-order valence-electron chi connectivity index (χ0n) is 11.4. The van der Waals surface area contributed by atoms with Gasteiger partial charge in [-0.15, -0.1) is 0 Å². The van der Waals surface area contributed by atoms with Crippen molar-refractivity contribution in [2.75, 3.05) is 11.9 Å². The molecule has 0 saturated carbocycles. The average Bonchev–Trinajstić information content (AvgIpc) is 2.46. The van der Waals surface area contributed by atoms with Crippen molar-refractivity contribution in [3.8, 4) is 0 Å². The summed E-state index contributed by atoms with van der Waals surface area (Å²) in [5, 5.41) is 0. The van der Waals surface area contributed by atoms with Crippen LogP contribution in [0.3, 0.4) is 0 Å². The Balaban J connectivity index is 2.54. The van der Waals surface area contributed by atoms with Crippen molar-refractivity contribution in [3.05, 3.63) is 53.3 Å². The molecule has 1 aromatic carbocycles. The van der Waals surface area contributed by atoms with E-state index in [1.807, 2.05) is 0 Å². The van der Waals surface area contributed by atoms with Gasteiger partial charge in [-0.05, 0) is 31.6 Å². The number of anilines is 1. The number of hydrogen-bond acceptors (Lipinski definition) is 1. The second kappa shape index (κ2) is 4.06. The SMILES string of the molecule is CC(C)=C/C=C1/N(C)c2ccccc2C1(C)C. The zero-order valence-corrected chi connectivity index (χ0v) is 11.4. The fourth-order valence-corrected chi connectivity index (χ4v) is 2.55. The number of hydrogen-bond donors (Lipinski definition) is 0. The number of allylic oxidation sites excluding steroid dienone is 4. The minimum Gasteiger partial charge on any atom is -0.347 e. The number of benzene rings is 1. The molecule has 1 heterocycles. The summed E-state index contributed by atoms with van der Waals surface area (Å²) in [7, 11) is 2.15. The molecule has 2 rings (SSSR count). The van der Waals surface area contributed by atoms with E-state index in [4.69, 9.17) is 0 Å². The second-order valence-electron chi connectivity index (χ2n) is 5.50. The van der Waals surface area contributed by atoms with E-state index in [0.29, 0.717) is 0 Å². The van der Waals surface area contributed by atoms with Gasteiger partial charge in [0.05, 0.1) is 0 Å². The van der Waals surface area contributed by atoms with E-state index < -0.39 is 0 Å². The quantitative estimate of drug-likeness (QED) is 0.692. The molecule has 0 bridgehead atoms. The molecule has 0 saturated heterocycles. The molecule has 1 aliphatic heterocycles. The largest absolute Gasteiger partial charge is 0.347 e. The normalized spacial score (nSPS) is 19.4. The molecule has 0 N–H and O–H groups in total. The van der Waals surface area contributed by atoms with Gasteiger partial charge in [-0.3, -0.25) is 0 Å². The van der Waals surface area contributed by atoms with Gasteiger partial charge in [-0.25, -0.2) is 0 Å². The van der Waals surface area contributed by atoms with E-state index in [-0.39, 0.29) is 5.41 Å². The molecule has 0 fully saturated rings. The molecule has 0 aromatic heterocycles. The van der Waals surface area contributed by atoms with Crippen LogP contribution in [0.25, 0.3) is 0 Å². The van der Waals surface area contributed by atoms with Crippen LogP contribution in [0.5, 0.6) is 0 Å². The standard InChI is InChI=1S/C16H21N/c1-12(2)10-11-15-16(3,4)13-8-6-7-9-14(13)17(15)5/h6-11H,1-5H3/b15-11+. The maximum atomic E-state index is 2.30. The van der Waals surface area contributed by atoms with Gasteiger partial charge < -0.3 is 4.90 Å². The van der Waals surface area contributed by atoms with Gasteiger partial charge in [0.1, 0.15) is 0 Å². The Hall–Kier alpha value is -1.50. The zero-order chi connectivity index (χ0) is 12.6. The van der Waals surface area contributed by atoms with Crippen molar-refractivity contribution < 1.29 is 0 Å². The highest BCUT2D eigenvalue weighted by molar-refractivity contribution is 5.70. The molecule has 0 aliphatic carbocycles. The first-order valence-electron chi connectivity index (χ1n) is 6.13. The van der Waals surface area contributed by atoms with Crippen molar-refractivity contribution in [2.24, 2.45) is 0 Å². The Morgan fingerprint density at radius 3 is 2.41 bits per heavy atom.